The fraction of sp³-hybridized carbons (Fsp3) is 0.471. The van der Waals surface area contributed by atoms with Crippen LogP contribution in [0, 0.1) is 5.92 Å². The lowest BCUT2D eigenvalue weighted by molar-refractivity contribution is 0.0728. The second-order valence-electron chi connectivity index (χ2n) is 5.78. The number of carbonyl (C=O) groups excluding carboxylic acids is 1. The highest BCUT2D eigenvalue weighted by atomic mass is 16.2. The fourth-order valence-corrected chi connectivity index (χ4v) is 3.17. The lowest BCUT2D eigenvalue weighted by Gasteiger charge is -2.29. The fourth-order valence-electron chi connectivity index (χ4n) is 3.17. The maximum Gasteiger partial charge on any atom is 0.255 e. The first-order chi connectivity index (χ1) is 10.3. The van der Waals surface area contributed by atoms with E-state index in [2.05, 4.69) is 17.2 Å². The number of H-pyrrole nitrogens is 1. The summed E-state index contributed by atoms with van der Waals surface area (Å²) in [5.41, 5.74) is 1.74. The monoisotopic (exact) mass is 285 g/mol. The third kappa shape index (κ3) is 2.95. The minimum absolute atomic E-state index is 0.143. The maximum atomic E-state index is 12.9. The van der Waals surface area contributed by atoms with Crippen LogP contribution in [0.1, 0.15) is 30.1 Å². The standard InChI is InChI=1S/C17H23N3O/c1-2-20(12-13-6-9-18-10-7-13)17(21)15-5-3-4-14-8-11-19-16(14)15/h3-5,8,11,13,18-19H,2,6-7,9-10,12H2,1H3. The Morgan fingerprint density at radius 2 is 2.10 bits per heavy atom. The smallest absolute Gasteiger partial charge is 0.255 e. The molecular weight excluding hydrogens is 262 g/mol. The van der Waals surface area contributed by atoms with Gasteiger partial charge in [0.15, 0.2) is 0 Å². The van der Waals surface area contributed by atoms with Crippen LogP contribution in [-0.2, 0) is 0 Å². The Balaban J connectivity index is 1.79. The second kappa shape index (κ2) is 6.31. The number of hydrogen-bond donors (Lipinski definition) is 2. The van der Waals surface area contributed by atoms with E-state index in [0.717, 1.165) is 55.5 Å². The minimum Gasteiger partial charge on any atom is -0.361 e. The van der Waals surface area contributed by atoms with E-state index < -0.39 is 0 Å². The van der Waals surface area contributed by atoms with Gasteiger partial charge >= 0.3 is 0 Å². The number of carbonyl (C=O) groups is 1. The zero-order valence-corrected chi connectivity index (χ0v) is 12.6. The van der Waals surface area contributed by atoms with Crippen LogP contribution >= 0.6 is 0 Å². The molecule has 0 spiro atoms. The summed E-state index contributed by atoms with van der Waals surface area (Å²) in [6.07, 6.45) is 4.22. The second-order valence-corrected chi connectivity index (χ2v) is 5.78. The van der Waals surface area contributed by atoms with Crippen molar-refractivity contribution in [3.8, 4) is 0 Å². The number of amides is 1. The molecule has 0 aliphatic carbocycles. The maximum absolute atomic E-state index is 12.9. The summed E-state index contributed by atoms with van der Waals surface area (Å²) < 4.78 is 0. The first-order valence-corrected chi connectivity index (χ1v) is 7.85. The molecular formula is C17H23N3O. The molecule has 0 atom stereocenters. The molecule has 1 aliphatic heterocycles. The molecule has 4 heteroatoms. The van der Waals surface area contributed by atoms with Gasteiger partial charge in [0.05, 0.1) is 11.1 Å². The predicted molar refractivity (Wildman–Crippen MR) is 85.5 cm³/mol. The Hall–Kier alpha value is -1.81. The molecule has 2 heterocycles. The van der Waals surface area contributed by atoms with Crippen molar-refractivity contribution in [1.29, 1.82) is 0 Å². The van der Waals surface area contributed by atoms with E-state index in [1.54, 1.807) is 0 Å². The molecule has 0 radical (unpaired) electrons. The van der Waals surface area contributed by atoms with Crippen LogP contribution in [0.15, 0.2) is 30.5 Å². The Morgan fingerprint density at radius 1 is 1.29 bits per heavy atom. The number of piperidine rings is 1. The van der Waals surface area contributed by atoms with Gasteiger partial charge in [0.2, 0.25) is 0 Å². The van der Waals surface area contributed by atoms with Gasteiger partial charge < -0.3 is 15.2 Å². The van der Waals surface area contributed by atoms with Crippen LogP contribution in [-0.4, -0.2) is 42.0 Å². The van der Waals surface area contributed by atoms with Crippen molar-refractivity contribution in [2.24, 2.45) is 5.92 Å². The lowest BCUT2D eigenvalue weighted by atomic mass is 9.97. The van der Waals surface area contributed by atoms with Gasteiger partial charge in [-0.2, -0.15) is 0 Å². The van der Waals surface area contributed by atoms with Crippen molar-refractivity contribution in [3.05, 3.63) is 36.0 Å². The number of hydrogen-bond acceptors (Lipinski definition) is 2. The number of nitrogens with zero attached hydrogens (tertiary/aromatic N) is 1. The van der Waals surface area contributed by atoms with E-state index in [1.165, 1.54) is 0 Å². The molecule has 2 N–H and O–H groups in total. The van der Waals surface area contributed by atoms with Gasteiger partial charge in [-0.15, -0.1) is 0 Å². The molecule has 0 unspecified atom stereocenters. The van der Waals surface area contributed by atoms with E-state index in [4.69, 9.17) is 0 Å². The van der Waals surface area contributed by atoms with Gasteiger partial charge in [-0.25, -0.2) is 0 Å². The van der Waals surface area contributed by atoms with Crippen LogP contribution in [0.4, 0.5) is 0 Å². The normalized spacial score (nSPS) is 16.2. The number of aromatic amines is 1. The molecule has 4 nitrogen and oxygen atoms in total. The average molecular weight is 285 g/mol. The third-order valence-electron chi connectivity index (χ3n) is 4.42. The molecule has 2 aromatic rings. The third-order valence-corrected chi connectivity index (χ3v) is 4.42. The van der Waals surface area contributed by atoms with Gasteiger partial charge in [0, 0.05) is 24.7 Å². The number of nitrogens with one attached hydrogen (secondary N) is 2. The quantitative estimate of drug-likeness (QED) is 0.907. The Bertz CT molecular complexity index is 613. The van der Waals surface area contributed by atoms with Crippen molar-refractivity contribution >= 4 is 16.8 Å². The molecule has 1 aromatic heterocycles. The van der Waals surface area contributed by atoms with Crippen LogP contribution in [0.5, 0.6) is 0 Å². The van der Waals surface area contributed by atoms with Gasteiger partial charge in [-0.1, -0.05) is 12.1 Å². The Kier molecular flexibility index (Phi) is 4.25. The predicted octanol–water partition coefficient (Wildman–Crippen LogP) is 2.63. The zero-order valence-electron chi connectivity index (χ0n) is 12.6. The summed E-state index contributed by atoms with van der Waals surface area (Å²) in [5.74, 6) is 0.766. The molecule has 1 fully saturated rings. The summed E-state index contributed by atoms with van der Waals surface area (Å²) in [4.78, 5) is 18.0. The van der Waals surface area contributed by atoms with Gasteiger partial charge in [-0.05, 0) is 50.9 Å². The van der Waals surface area contributed by atoms with Crippen LogP contribution in [0.25, 0.3) is 10.9 Å². The molecule has 1 aromatic carbocycles. The van der Waals surface area contributed by atoms with E-state index in [0.29, 0.717) is 5.92 Å². The highest BCUT2D eigenvalue weighted by Gasteiger charge is 2.22. The Labute approximate surface area is 125 Å². The van der Waals surface area contributed by atoms with Crippen LogP contribution in [0.3, 0.4) is 0 Å². The van der Waals surface area contributed by atoms with Crippen molar-refractivity contribution < 1.29 is 4.79 Å². The van der Waals surface area contributed by atoms with E-state index in [-0.39, 0.29) is 5.91 Å². The summed E-state index contributed by atoms with van der Waals surface area (Å²) in [7, 11) is 0. The first kappa shape index (κ1) is 14.1. The number of aromatic nitrogens is 1. The number of benzene rings is 1. The lowest BCUT2D eigenvalue weighted by Crippen LogP contribution is -2.39. The summed E-state index contributed by atoms with van der Waals surface area (Å²) in [6, 6.07) is 7.93. The summed E-state index contributed by atoms with van der Waals surface area (Å²) >= 11 is 0. The molecule has 1 saturated heterocycles. The summed E-state index contributed by atoms with van der Waals surface area (Å²) in [5, 5.41) is 4.48. The van der Waals surface area contributed by atoms with Crippen molar-refractivity contribution in [2.75, 3.05) is 26.2 Å². The van der Waals surface area contributed by atoms with E-state index >= 15 is 0 Å². The Morgan fingerprint density at radius 3 is 2.86 bits per heavy atom. The van der Waals surface area contributed by atoms with Gasteiger partial charge in [0.1, 0.15) is 0 Å². The van der Waals surface area contributed by atoms with Crippen molar-refractivity contribution in [3.63, 3.8) is 0 Å². The average Bonchev–Trinajstić information content (AvgIpc) is 3.01. The van der Waals surface area contributed by atoms with Crippen molar-refractivity contribution in [2.45, 2.75) is 19.8 Å². The molecule has 1 aliphatic rings. The van der Waals surface area contributed by atoms with Gasteiger partial charge in [-0.3, -0.25) is 4.79 Å². The molecule has 112 valence electrons. The number of para-hydroxylation sites is 1. The molecule has 0 bridgehead atoms. The zero-order chi connectivity index (χ0) is 14.7. The highest BCUT2D eigenvalue weighted by Crippen LogP contribution is 2.20. The molecule has 0 saturated carbocycles. The van der Waals surface area contributed by atoms with Crippen molar-refractivity contribution in [1.82, 2.24) is 15.2 Å². The van der Waals surface area contributed by atoms with Crippen LogP contribution in [0.2, 0.25) is 0 Å². The number of rotatable bonds is 4. The van der Waals surface area contributed by atoms with E-state index in [9.17, 15) is 4.79 Å². The SMILES string of the molecule is CCN(CC1CCNCC1)C(=O)c1cccc2cc[nH]c12. The first-order valence-electron chi connectivity index (χ1n) is 7.85. The van der Waals surface area contributed by atoms with Gasteiger partial charge in [0.25, 0.3) is 5.91 Å². The molecule has 1 amide bonds. The number of fused-ring (bicyclic) bond motifs is 1. The highest BCUT2D eigenvalue weighted by molar-refractivity contribution is 6.05. The molecule has 21 heavy (non-hydrogen) atoms. The largest absolute Gasteiger partial charge is 0.361 e. The topological polar surface area (TPSA) is 48.1 Å². The molecule has 3 rings (SSSR count). The summed E-state index contributed by atoms with van der Waals surface area (Å²) in [6.45, 7) is 5.84. The van der Waals surface area contributed by atoms with E-state index in [1.807, 2.05) is 35.4 Å². The van der Waals surface area contributed by atoms with Crippen LogP contribution < -0.4 is 5.32 Å². The minimum atomic E-state index is 0.143.